The second-order valence-electron chi connectivity index (χ2n) is 5.60. The van der Waals surface area contributed by atoms with Gasteiger partial charge in [-0.05, 0) is 30.2 Å². The van der Waals surface area contributed by atoms with Gasteiger partial charge in [-0.15, -0.1) is 11.3 Å². The zero-order chi connectivity index (χ0) is 17.5. The highest BCUT2D eigenvalue weighted by Gasteiger charge is 2.10. The highest BCUT2D eigenvalue weighted by atomic mass is 35.5. The summed E-state index contributed by atoms with van der Waals surface area (Å²) < 4.78 is 0. The maximum Gasteiger partial charge on any atom is 0.325 e. The van der Waals surface area contributed by atoms with Crippen molar-refractivity contribution in [3.63, 3.8) is 0 Å². The number of hydrogen-bond donors (Lipinski definition) is 3. The third kappa shape index (κ3) is 6.17. The van der Waals surface area contributed by atoms with E-state index in [-0.39, 0.29) is 12.3 Å². The van der Waals surface area contributed by atoms with Gasteiger partial charge in [0.1, 0.15) is 0 Å². The SMILES string of the molecule is CC(C)CNC(=O)Cc1csc(NC(=O)Nc2ccc(Cl)cc2)n1. The predicted molar refractivity (Wildman–Crippen MR) is 97.8 cm³/mol. The first-order chi connectivity index (χ1) is 11.4. The van der Waals surface area contributed by atoms with Gasteiger partial charge in [-0.1, -0.05) is 25.4 Å². The van der Waals surface area contributed by atoms with Crippen LogP contribution in [0.2, 0.25) is 5.02 Å². The molecule has 3 amide bonds. The van der Waals surface area contributed by atoms with Crippen LogP contribution >= 0.6 is 22.9 Å². The van der Waals surface area contributed by atoms with Crippen molar-refractivity contribution in [3.05, 3.63) is 40.4 Å². The van der Waals surface area contributed by atoms with Gasteiger partial charge in [0.2, 0.25) is 5.91 Å². The second kappa shape index (κ2) is 8.65. The lowest BCUT2D eigenvalue weighted by atomic mass is 10.2. The molecule has 2 rings (SSSR count). The van der Waals surface area contributed by atoms with E-state index in [9.17, 15) is 9.59 Å². The molecule has 6 nitrogen and oxygen atoms in total. The highest BCUT2D eigenvalue weighted by molar-refractivity contribution is 7.14. The second-order valence-corrected chi connectivity index (χ2v) is 6.90. The van der Waals surface area contributed by atoms with E-state index in [0.717, 1.165) is 0 Å². The van der Waals surface area contributed by atoms with E-state index in [0.29, 0.717) is 34.0 Å². The number of urea groups is 1. The van der Waals surface area contributed by atoms with Gasteiger partial charge in [0.15, 0.2) is 5.13 Å². The van der Waals surface area contributed by atoms with E-state index in [1.807, 2.05) is 13.8 Å². The molecule has 3 N–H and O–H groups in total. The molecule has 0 spiro atoms. The zero-order valence-electron chi connectivity index (χ0n) is 13.4. The molecule has 0 atom stereocenters. The quantitative estimate of drug-likeness (QED) is 0.727. The molecule has 8 heteroatoms. The van der Waals surface area contributed by atoms with Gasteiger partial charge in [0, 0.05) is 22.6 Å². The summed E-state index contributed by atoms with van der Waals surface area (Å²) in [6.07, 6.45) is 0.198. The van der Waals surface area contributed by atoms with Crippen molar-refractivity contribution in [2.45, 2.75) is 20.3 Å². The number of anilines is 2. The lowest BCUT2D eigenvalue weighted by molar-refractivity contribution is -0.120. The largest absolute Gasteiger partial charge is 0.356 e. The van der Waals surface area contributed by atoms with Crippen LogP contribution < -0.4 is 16.0 Å². The maximum atomic E-state index is 11.9. The molecule has 0 bridgehead atoms. The standard InChI is InChI=1S/C16H19ClN4O2S/c1-10(2)8-18-14(22)7-13-9-24-16(20-13)21-15(23)19-12-5-3-11(17)4-6-12/h3-6,9-10H,7-8H2,1-2H3,(H,18,22)(H2,19,20,21,23). The summed E-state index contributed by atoms with van der Waals surface area (Å²) >= 11 is 7.07. The summed E-state index contributed by atoms with van der Waals surface area (Å²) in [5.41, 5.74) is 1.25. The first kappa shape index (κ1) is 18.2. The van der Waals surface area contributed by atoms with Crippen LogP contribution in [0.5, 0.6) is 0 Å². The van der Waals surface area contributed by atoms with Gasteiger partial charge in [-0.3, -0.25) is 10.1 Å². The molecule has 0 fully saturated rings. The first-order valence-corrected chi connectivity index (χ1v) is 8.73. The monoisotopic (exact) mass is 366 g/mol. The fourth-order valence-electron chi connectivity index (χ4n) is 1.78. The van der Waals surface area contributed by atoms with E-state index < -0.39 is 6.03 Å². The van der Waals surface area contributed by atoms with Crippen LogP contribution in [0.25, 0.3) is 0 Å². The Hall–Kier alpha value is -2.12. The summed E-state index contributed by atoms with van der Waals surface area (Å²) in [7, 11) is 0. The third-order valence-electron chi connectivity index (χ3n) is 2.92. The minimum absolute atomic E-state index is 0.0776. The molecule has 1 aromatic carbocycles. The molecule has 0 aliphatic rings. The molecular weight excluding hydrogens is 348 g/mol. The van der Waals surface area contributed by atoms with Gasteiger partial charge in [-0.2, -0.15) is 0 Å². The molecule has 0 aliphatic heterocycles. The van der Waals surface area contributed by atoms with Crippen LogP contribution in [0.4, 0.5) is 15.6 Å². The Morgan fingerprint density at radius 1 is 1.21 bits per heavy atom. The Labute approximate surface area is 149 Å². The number of halogens is 1. The van der Waals surface area contributed by atoms with Crippen molar-refractivity contribution in [2.24, 2.45) is 5.92 Å². The van der Waals surface area contributed by atoms with Crippen molar-refractivity contribution in [1.82, 2.24) is 10.3 Å². The fraction of sp³-hybridized carbons (Fsp3) is 0.312. The lowest BCUT2D eigenvalue weighted by Crippen LogP contribution is -2.28. The fourth-order valence-corrected chi connectivity index (χ4v) is 2.61. The molecule has 0 radical (unpaired) electrons. The molecule has 0 aliphatic carbocycles. The minimum atomic E-state index is -0.400. The molecule has 2 aromatic rings. The number of amides is 3. The van der Waals surface area contributed by atoms with Crippen molar-refractivity contribution in [3.8, 4) is 0 Å². The smallest absolute Gasteiger partial charge is 0.325 e. The number of aromatic nitrogens is 1. The van der Waals surface area contributed by atoms with Gasteiger partial charge >= 0.3 is 6.03 Å². The summed E-state index contributed by atoms with van der Waals surface area (Å²) in [6.45, 7) is 4.70. The number of hydrogen-bond acceptors (Lipinski definition) is 4. The molecule has 24 heavy (non-hydrogen) atoms. The highest BCUT2D eigenvalue weighted by Crippen LogP contribution is 2.17. The molecule has 0 saturated carbocycles. The van der Waals surface area contributed by atoms with E-state index in [4.69, 9.17) is 11.6 Å². The Balaban J connectivity index is 1.83. The maximum absolute atomic E-state index is 11.9. The number of carbonyl (C=O) groups is 2. The molecule has 128 valence electrons. The Bertz CT molecular complexity index is 700. The van der Waals surface area contributed by atoms with Crippen LogP contribution in [0, 0.1) is 5.92 Å². The summed E-state index contributed by atoms with van der Waals surface area (Å²) in [5, 5.41) is 10.9. The average Bonchev–Trinajstić information content (AvgIpc) is 2.94. The van der Waals surface area contributed by atoms with Crippen LogP contribution in [0.1, 0.15) is 19.5 Å². The van der Waals surface area contributed by atoms with Crippen LogP contribution in [-0.2, 0) is 11.2 Å². The van der Waals surface area contributed by atoms with Gasteiger partial charge in [0.05, 0.1) is 12.1 Å². The summed E-state index contributed by atoms with van der Waals surface area (Å²) in [5.74, 6) is 0.323. The average molecular weight is 367 g/mol. The van der Waals surface area contributed by atoms with Crippen LogP contribution in [0.15, 0.2) is 29.6 Å². The first-order valence-electron chi connectivity index (χ1n) is 7.47. The lowest BCUT2D eigenvalue weighted by Gasteiger charge is -2.06. The Kier molecular flexibility index (Phi) is 6.57. The van der Waals surface area contributed by atoms with Gasteiger partial charge < -0.3 is 10.6 Å². The molecule has 1 aromatic heterocycles. The zero-order valence-corrected chi connectivity index (χ0v) is 15.0. The van der Waals surface area contributed by atoms with Crippen LogP contribution in [-0.4, -0.2) is 23.5 Å². The molecule has 0 saturated heterocycles. The number of nitrogens with zero attached hydrogens (tertiary/aromatic N) is 1. The molecular formula is C16H19ClN4O2S. The molecule has 1 heterocycles. The van der Waals surface area contributed by atoms with Crippen molar-refractivity contribution in [2.75, 3.05) is 17.2 Å². The van der Waals surface area contributed by atoms with E-state index in [1.165, 1.54) is 11.3 Å². The van der Waals surface area contributed by atoms with Crippen LogP contribution in [0.3, 0.4) is 0 Å². The van der Waals surface area contributed by atoms with E-state index in [1.54, 1.807) is 29.6 Å². The van der Waals surface area contributed by atoms with Crippen molar-refractivity contribution in [1.29, 1.82) is 0 Å². The third-order valence-corrected chi connectivity index (χ3v) is 3.98. The van der Waals surface area contributed by atoms with Gasteiger partial charge in [-0.25, -0.2) is 9.78 Å². The summed E-state index contributed by atoms with van der Waals surface area (Å²) in [4.78, 5) is 27.9. The normalized spacial score (nSPS) is 10.5. The van der Waals surface area contributed by atoms with Gasteiger partial charge in [0.25, 0.3) is 0 Å². The number of carbonyl (C=O) groups excluding carboxylic acids is 2. The van der Waals surface area contributed by atoms with E-state index in [2.05, 4.69) is 20.9 Å². The number of benzene rings is 1. The number of thiazole rings is 1. The summed E-state index contributed by atoms with van der Waals surface area (Å²) in [6, 6.07) is 6.38. The van der Waals surface area contributed by atoms with E-state index >= 15 is 0 Å². The number of nitrogens with one attached hydrogen (secondary N) is 3. The predicted octanol–water partition coefficient (Wildman–Crippen LogP) is 3.76. The molecule has 0 unspecified atom stereocenters. The topological polar surface area (TPSA) is 83.1 Å². The Morgan fingerprint density at radius 3 is 2.58 bits per heavy atom. The van der Waals surface area contributed by atoms with Crippen molar-refractivity contribution < 1.29 is 9.59 Å². The van der Waals surface area contributed by atoms with Crippen molar-refractivity contribution >= 4 is 45.7 Å². The minimum Gasteiger partial charge on any atom is -0.356 e. The Morgan fingerprint density at radius 2 is 1.92 bits per heavy atom. The number of rotatable bonds is 6.